The number of hydrogen-bond donors (Lipinski definition) is 1. The van der Waals surface area contributed by atoms with Gasteiger partial charge in [-0.05, 0) is 35.7 Å². The lowest BCUT2D eigenvalue weighted by Crippen LogP contribution is -2.35. The monoisotopic (exact) mass is 328 g/mol. The zero-order valence-electron chi connectivity index (χ0n) is 10.5. The lowest BCUT2D eigenvalue weighted by Gasteiger charge is -2.28. The van der Waals surface area contributed by atoms with E-state index in [1.165, 1.54) is 4.31 Å². The third kappa shape index (κ3) is 2.33. The molecule has 0 atom stereocenters. The Balaban J connectivity index is 1.94. The van der Waals surface area contributed by atoms with E-state index in [1.807, 2.05) is 18.2 Å². The van der Waals surface area contributed by atoms with E-state index in [9.17, 15) is 8.42 Å². The molecule has 1 aliphatic heterocycles. The molecular formula is C13H13ClN2O2S2. The van der Waals surface area contributed by atoms with Crippen molar-refractivity contribution in [3.8, 4) is 0 Å². The molecule has 0 fully saturated rings. The smallest absolute Gasteiger partial charge is 0.252 e. The first-order valence-corrected chi connectivity index (χ1v) is 8.73. The molecule has 1 aromatic carbocycles. The summed E-state index contributed by atoms with van der Waals surface area (Å²) >= 11 is 6.91. The molecule has 2 N–H and O–H groups in total. The first-order chi connectivity index (χ1) is 9.48. The molecule has 0 unspecified atom stereocenters. The molecule has 1 aromatic heterocycles. The first kappa shape index (κ1) is 13.9. The normalized spacial score (nSPS) is 16.1. The SMILES string of the molecule is Nc1cccc2c1CCN(S(=O)(=O)c1ccc(Cl)s1)C2. The second kappa shape index (κ2) is 5.04. The highest BCUT2D eigenvalue weighted by Gasteiger charge is 2.29. The summed E-state index contributed by atoms with van der Waals surface area (Å²) < 4.78 is 27.3. The minimum Gasteiger partial charge on any atom is -0.398 e. The Morgan fingerprint density at radius 3 is 2.75 bits per heavy atom. The van der Waals surface area contributed by atoms with Crippen LogP contribution in [0, 0.1) is 0 Å². The number of nitrogens with two attached hydrogens (primary N) is 1. The fourth-order valence-corrected chi connectivity index (χ4v) is 5.44. The fraction of sp³-hybridized carbons (Fsp3) is 0.231. The van der Waals surface area contributed by atoms with E-state index in [-0.39, 0.29) is 4.21 Å². The average Bonchev–Trinajstić information content (AvgIpc) is 2.86. The van der Waals surface area contributed by atoms with Crippen LogP contribution < -0.4 is 5.73 Å². The van der Waals surface area contributed by atoms with Gasteiger partial charge >= 0.3 is 0 Å². The topological polar surface area (TPSA) is 63.4 Å². The molecule has 1 aliphatic rings. The maximum absolute atomic E-state index is 12.5. The van der Waals surface area contributed by atoms with Crippen molar-refractivity contribution in [2.45, 2.75) is 17.2 Å². The number of anilines is 1. The van der Waals surface area contributed by atoms with Gasteiger partial charge in [-0.25, -0.2) is 8.42 Å². The number of nitrogen functional groups attached to an aromatic ring is 1. The van der Waals surface area contributed by atoms with E-state index in [2.05, 4.69) is 0 Å². The molecule has 0 radical (unpaired) electrons. The van der Waals surface area contributed by atoms with Crippen molar-refractivity contribution in [2.75, 3.05) is 12.3 Å². The number of halogens is 1. The van der Waals surface area contributed by atoms with Crippen molar-refractivity contribution in [1.82, 2.24) is 4.31 Å². The Bertz CT molecular complexity index is 755. The molecule has 4 nitrogen and oxygen atoms in total. The van der Waals surface area contributed by atoms with Gasteiger partial charge in [-0.2, -0.15) is 4.31 Å². The highest BCUT2D eigenvalue weighted by molar-refractivity contribution is 7.91. The van der Waals surface area contributed by atoms with Gasteiger partial charge in [-0.1, -0.05) is 23.7 Å². The van der Waals surface area contributed by atoms with Gasteiger partial charge < -0.3 is 5.73 Å². The van der Waals surface area contributed by atoms with Crippen LogP contribution >= 0.6 is 22.9 Å². The average molecular weight is 329 g/mol. The lowest BCUT2D eigenvalue weighted by atomic mass is 9.99. The number of rotatable bonds is 2. The van der Waals surface area contributed by atoms with Crippen LogP contribution in [0.4, 0.5) is 5.69 Å². The van der Waals surface area contributed by atoms with Crippen molar-refractivity contribution in [3.63, 3.8) is 0 Å². The Labute approximate surface area is 126 Å². The highest BCUT2D eigenvalue weighted by atomic mass is 35.5. The summed E-state index contributed by atoms with van der Waals surface area (Å²) in [5.41, 5.74) is 8.69. The molecule has 3 rings (SSSR count). The number of benzene rings is 1. The lowest BCUT2D eigenvalue weighted by molar-refractivity contribution is 0.393. The molecule has 2 heterocycles. The Morgan fingerprint density at radius 1 is 1.25 bits per heavy atom. The van der Waals surface area contributed by atoms with Crippen molar-refractivity contribution in [3.05, 3.63) is 45.8 Å². The third-order valence-electron chi connectivity index (χ3n) is 3.41. The standard InChI is InChI=1S/C13H13ClN2O2S2/c14-12-4-5-13(19-12)20(17,18)16-7-6-10-9(8-16)2-1-3-11(10)15/h1-5H,6-8,15H2. The minimum atomic E-state index is -3.47. The second-order valence-electron chi connectivity index (χ2n) is 4.63. The van der Waals surface area contributed by atoms with Crippen molar-refractivity contribution >= 4 is 38.6 Å². The number of thiophene rings is 1. The third-order valence-corrected chi connectivity index (χ3v) is 6.95. The Morgan fingerprint density at radius 2 is 2.05 bits per heavy atom. The predicted molar refractivity (Wildman–Crippen MR) is 81.5 cm³/mol. The van der Waals surface area contributed by atoms with E-state index in [4.69, 9.17) is 17.3 Å². The Kier molecular flexibility index (Phi) is 3.50. The minimum absolute atomic E-state index is 0.287. The molecule has 7 heteroatoms. The molecule has 2 aromatic rings. The molecule has 0 saturated heterocycles. The molecular weight excluding hydrogens is 316 g/mol. The van der Waals surface area contributed by atoms with E-state index in [0.717, 1.165) is 28.2 Å². The summed E-state index contributed by atoms with van der Waals surface area (Å²) in [5, 5.41) is 0. The van der Waals surface area contributed by atoms with Gasteiger partial charge in [0.2, 0.25) is 0 Å². The van der Waals surface area contributed by atoms with Crippen LogP contribution in [-0.4, -0.2) is 19.3 Å². The van der Waals surface area contributed by atoms with E-state index >= 15 is 0 Å². The summed E-state index contributed by atoms with van der Waals surface area (Å²) in [4.78, 5) is 0. The van der Waals surface area contributed by atoms with Gasteiger partial charge in [0.1, 0.15) is 4.21 Å². The highest BCUT2D eigenvalue weighted by Crippen LogP contribution is 2.32. The van der Waals surface area contributed by atoms with Crippen LogP contribution in [-0.2, 0) is 23.0 Å². The maximum Gasteiger partial charge on any atom is 0.252 e. The largest absolute Gasteiger partial charge is 0.398 e. The molecule has 0 bridgehead atoms. The van der Waals surface area contributed by atoms with Crippen molar-refractivity contribution in [2.24, 2.45) is 0 Å². The van der Waals surface area contributed by atoms with Crippen LogP contribution in [0.5, 0.6) is 0 Å². The van der Waals surface area contributed by atoms with Crippen LogP contribution in [0.3, 0.4) is 0 Å². The summed E-state index contributed by atoms with van der Waals surface area (Å²) in [5.74, 6) is 0. The van der Waals surface area contributed by atoms with Crippen molar-refractivity contribution < 1.29 is 8.42 Å². The molecule has 0 saturated carbocycles. The van der Waals surface area contributed by atoms with Gasteiger partial charge in [-0.15, -0.1) is 11.3 Å². The van der Waals surface area contributed by atoms with E-state index in [1.54, 1.807) is 12.1 Å². The van der Waals surface area contributed by atoms with Crippen LogP contribution in [0.25, 0.3) is 0 Å². The van der Waals surface area contributed by atoms with Gasteiger partial charge in [0.25, 0.3) is 10.0 Å². The molecule has 20 heavy (non-hydrogen) atoms. The number of hydrogen-bond acceptors (Lipinski definition) is 4. The van der Waals surface area contributed by atoms with Gasteiger partial charge in [0.05, 0.1) is 4.34 Å². The number of nitrogens with zero attached hydrogens (tertiary/aromatic N) is 1. The molecule has 0 spiro atoms. The summed E-state index contributed by atoms with van der Waals surface area (Å²) in [7, 11) is -3.47. The summed E-state index contributed by atoms with van der Waals surface area (Å²) in [6.07, 6.45) is 0.639. The summed E-state index contributed by atoms with van der Waals surface area (Å²) in [6.45, 7) is 0.803. The number of sulfonamides is 1. The van der Waals surface area contributed by atoms with Crippen LogP contribution in [0.15, 0.2) is 34.5 Å². The zero-order valence-corrected chi connectivity index (χ0v) is 12.9. The molecule has 106 valence electrons. The van der Waals surface area contributed by atoms with E-state index in [0.29, 0.717) is 23.8 Å². The summed E-state index contributed by atoms with van der Waals surface area (Å²) in [6, 6.07) is 8.79. The maximum atomic E-state index is 12.5. The molecule has 0 aliphatic carbocycles. The van der Waals surface area contributed by atoms with Gasteiger partial charge in [-0.3, -0.25) is 0 Å². The predicted octanol–water partition coefficient (Wildman–Crippen LogP) is 2.73. The van der Waals surface area contributed by atoms with E-state index < -0.39 is 10.0 Å². The van der Waals surface area contributed by atoms with Crippen molar-refractivity contribution in [1.29, 1.82) is 0 Å². The Hall–Kier alpha value is -1.08. The quantitative estimate of drug-likeness (QED) is 0.862. The number of fused-ring (bicyclic) bond motifs is 1. The van der Waals surface area contributed by atoms with Gasteiger partial charge in [0, 0.05) is 18.8 Å². The van der Waals surface area contributed by atoms with Gasteiger partial charge in [0.15, 0.2) is 0 Å². The molecule has 0 amide bonds. The zero-order chi connectivity index (χ0) is 14.3. The second-order valence-corrected chi connectivity index (χ2v) is 8.51. The van der Waals surface area contributed by atoms with Crippen LogP contribution in [0.2, 0.25) is 4.34 Å². The first-order valence-electron chi connectivity index (χ1n) is 6.10. The fourth-order valence-electron chi connectivity index (χ4n) is 2.38. The van der Waals surface area contributed by atoms with Crippen LogP contribution in [0.1, 0.15) is 11.1 Å².